The van der Waals surface area contributed by atoms with E-state index in [2.05, 4.69) is 47.6 Å². The minimum atomic E-state index is -0.679. The summed E-state index contributed by atoms with van der Waals surface area (Å²) in [4.78, 5) is 0. The normalized spacial score (nSPS) is 36.0. The first-order valence-corrected chi connectivity index (χ1v) is 20.5. The van der Waals surface area contributed by atoms with E-state index in [1.54, 1.807) is 5.57 Å². The van der Waals surface area contributed by atoms with Crippen molar-refractivity contribution in [2.24, 2.45) is 46.3 Å². The maximum atomic E-state index is 9.28. The summed E-state index contributed by atoms with van der Waals surface area (Å²) >= 11 is 0. The quantitative estimate of drug-likeness (QED) is 0.0925. The molecule has 0 radical (unpaired) electrons. The number of hydrogen-bond acceptors (Lipinski definition) is 1. The number of hydrogen-bond donors (Lipinski definition) is 0. The molecule has 4 aliphatic carbocycles. The summed E-state index contributed by atoms with van der Waals surface area (Å²) in [6.07, 6.45) is 35.7. The second kappa shape index (κ2) is 18.3. The highest BCUT2D eigenvalue weighted by Gasteiger charge is 2.59. The van der Waals surface area contributed by atoms with Gasteiger partial charge in [0.05, 0.1) is 7.45 Å². The lowest BCUT2D eigenvalue weighted by Gasteiger charge is -2.58. The van der Waals surface area contributed by atoms with E-state index in [0.29, 0.717) is 10.8 Å². The molecule has 0 heterocycles. The van der Waals surface area contributed by atoms with E-state index in [-0.39, 0.29) is 0 Å². The van der Waals surface area contributed by atoms with Gasteiger partial charge in [-0.3, -0.25) is 0 Å². The summed E-state index contributed by atoms with van der Waals surface area (Å²) in [7, 11) is 0. The maximum absolute atomic E-state index is 9.28. The average Bonchev–Trinajstić information content (AvgIpc) is 3.37. The average molecular weight is 613 g/mol. The highest BCUT2D eigenvalue weighted by Crippen LogP contribution is 2.67. The lowest BCUT2D eigenvalue weighted by atomic mass is 9.47. The monoisotopic (exact) mass is 613 g/mol. The van der Waals surface area contributed by atoms with Crippen LogP contribution in [0, 0.1) is 46.3 Å². The van der Waals surface area contributed by atoms with Gasteiger partial charge in [-0.1, -0.05) is 156 Å². The molecule has 256 valence electrons. The zero-order valence-corrected chi connectivity index (χ0v) is 30.8. The highest BCUT2D eigenvalue weighted by atomic mass is 16.5. The van der Waals surface area contributed by atoms with Gasteiger partial charge in [0.2, 0.25) is 0 Å². The van der Waals surface area contributed by atoms with Crippen LogP contribution in [0.3, 0.4) is 0 Å². The molecule has 3 saturated carbocycles. The van der Waals surface area contributed by atoms with Crippen LogP contribution < -0.4 is 0 Å². The fraction of sp³-hybridized carbons (Fsp3) is 0.953. The van der Waals surface area contributed by atoms with Gasteiger partial charge in [-0.15, -0.1) is 0 Å². The molecule has 4 aliphatic rings. The molecule has 0 saturated heterocycles. The molecule has 0 aliphatic heterocycles. The Balaban J connectivity index is 1.15. The van der Waals surface area contributed by atoms with Gasteiger partial charge >= 0.3 is 0 Å². The SMILES string of the molecule is [3H]C1(OCCCCCCCCCCCCCCCC)CC[C@@]2(C)C(=CC[C@H]3[C@@H]4CC[C@H]([C@H](C)CCCC(C)C)[C@@]4(C)CC[C@@H]32)C1. The van der Waals surface area contributed by atoms with Gasteiger partial charge in [0.1, 0.15) is 0 Å². The Morgan fingerprint density at radius 3 is 2.02 bits per heavy atom. The molecular formula is C43H78O. The lowest BCUT2D eigenvalue weighted by molar-refractivity contribution is -0.0641. The number of rotatable bonds is 21. The third-order valence-electron chi connectivity index (χ3n) is 13.9. The molecule has 0 spiro atoms. The Hall–Kier alpha value is -0.300. The lowest BCUT2D eigenvalue weighted by Crippen LogP contribution is -2.51. The van der Waals surface area contributed by atoms with Crippen molar-refractivity contribution in [3.05, 3.63) is 11.6 Å². The molecule has 0 bridgehead atoms. The van der Waals surface area contributed by atoms with Crippen LogP contribution >= 0.6 is 0 Å². The molecule has 0 aromatic rings. The van der Waals surface area contributed by atoms with Crippen LogP contribution in [0.4, 0.5) is 0 Å². The Morgan fingerprint density at radius 1 is 0.750 bits per heavy atom. The summed E-state index contributed by atoms with van der Waals surface area (Å²) < 4.78 is 15.7. The summed E-state index contributed by atoms with van der Waals surface area (Å²) in [5, 5.41) is 0. The van der Waals surface area contributed by atoms with Crippen LogP contribution in [0.5, 0.6) is 0 Å². The van der Waals surface area contributed by atoms with E-state index in [1.807, 2.05) is 0 Å². The number of fused-ring (bicyclic) bond motifs is 5. The van der Waals surface area contributed by atoms with E-state index in [4.69, 9.17) is 4.74 Å². The number of ether oxygens (including phenoxy) is 1. The molecular weight excluding hydrogens is 532 g/mol. The Morgan fingerprint density at radius 2 is 1.39 bits per heavy atom. The first kappa shape index (κ1) is 35.0. The van der Waals surface area contributed by atoms with Crippen LogP contribution in [-0.4, -0.2) is 12.7 Å². The zero-order valence-electron chi connectivity index (χ0n) is 31.8. The maximum Gasteiger partial charge on any atom is 0.0612 e. The molecule has 0 amide bonds. The van der Waals surface area contributed by atoms with Crippen molar-refractivity contribution in [3.63, 3.8) is 0 Å². The minimum absolute atomic E-state index is 0.314. The molecule has 8 atom stereocenters. The number of unbranched alkanes of at least 4 members (excludes halogenated alkanes) is 13. The molecule has 3 fully saturated rings. The van der Waals surface area contributed by atoms with Crippen molar-refractivity contribution < 1.29 is 6.11 Å². The van der Waals surface area contributed by atoms with Gasteiger partial charge in [-0.2, -0.15) is 0 Å². The summed E-state index contributed by atoms with van der Waals surface area (Å²) in [6.45, 7) is 15.8. The summed E-state index contributed by atoms with van der Waals surface area (Å²) in [6, 6.07) is 0. The van der Waals surface area contributed by atoms with E-state index >= 15 is 0 Å². The van der Waals surface area contributed by atoms with Gasteiger partial charge in [-0.25, -0.2) is 0 Å². The van der Waals surface area contributed by atoms with Crippen molar-refractivity contribution in [3.8, 4) is 0 Å². The van der Waals surface area contributed by atoms with E-state index in [1.165, 1.54) is 141 Å². The second-order valence-corrected chi connectivity index (χ2v) is 17.4. The first-order valence-electron chi connectivity index (χ1n) is 21.0. The number of allylic oxidation sites excluding steroid dienone is 1. The van der Waals surface area contributed by atoms with Gasteiger partial charge < -0.3 is 4.74 Å². The van der Waals surface area contributed by atoms with E-state index in [0.717, 1.165) is 61.4 Å². The molecule has 44 heavy (non-hydrogen) atoms. The van der Waals surface area contributed by atoms with Crippen LogP contribution in [0.1, 0.15) is 203 Å². The largest absolute Gasteiger partial charge is 0.378 e. The predicted molar refractivity (Wildman–Crippen MR) is 193 cm³/mol. The molecule has 1 nitrogen and oxygen atoms in total. The van der Waals surface area contributed by atoms with Crippen LogP contribution in [-0.2, 0) is 4.74 Å². The van der Waals surface area contributed by atoms with Gasteiger partial charge in [-0.05, 0) is 104 Å². The zero-order chi connectivity index (χ0) is 32.3. The smallest absolute Gasteiger partial charge is 0.0612 e. The summed E-state index contributed by atoms with van der Waals surface area (Å²) in [5.41, 5.74) is 2.48. The fourth-order valence-corrected chi connectivity index (χ4v) is 11.1. The van der Waals surface area contributed by atoms with Crippen LogP contribution in [0.15, 0.2) is 11.6 Å². The molecule has 0 N–H and O–H groups in total. The predicted octanol–water partition coefficient (Wildman–Crippen LogP) is 13.9. The third kappa shape index (κ3) is 9.63. The Labute approximate surface area is 278 Å². The first-order chi connectivity index (χ1) is 21.6. The van der Waals surface area contributed by atoms with Crippen molar-refractivity contribution in [1.29, 1.82) is 0 Å². The van der Waals surface area contributed by atoms with Crippen molar-refractivity contribution in [1.82, 2.24) is 0 Å². The van der Waals surface area contributed by atoms with Crippen LogP contribution in [0.2, 0.25) is 0 Å². The van der Waals surface area contributed by atoms with Gasteiger partial charge in [0.25, 0.3) is 0 Å². The molecule has 1 unspecified atom stereocenters. The van der Waals surface area contributed by atoms with E-state index < -0.39 is 6.08 Å². The van der Waals surface area contributed by atoms with Crippen molar-refractivity contribution in [2.45, 2.75) is 208 Å². The molecule has 0 aromatic heterocycles. The highest BCUT2D eigenvalue weighted by molar-refractivity contribution is 5.25. The topological polar surface area (TPSA) is 9.23 Å². The second-order valence-electron chi connectivity index (χ2n) is 17.4. The Kier molecular flexibility index (Phi) is 14.6. The third-order valence-corrected chi connectivity index (χ3v) is 13.9. The molecule has 4 rings (SSSR count). The fourth-order valence-electron chi connectivity index (χ4n) is 11.1. The van der Waals surface area contributed by atoms with Crippen molar-refractivity contribution >= 4 is 0 Å². The van der Waals surface area contributed by atoms with Crippen LogP contribution in [0.25, 0.3) is 0 Å². The summed E-state index contributed by atoms with van der Waals surface area (Å²) in [5.74, 6) is 5.29. The standard InChI is InChI=1S/C43H78O/c1-7-8-9-10-11-12-13-14-15-16-17-18-19-20-32-44-37-28-30-42(5)36(33-37)24-25-38-40-27-26-39(35(4)23-21-22-34(2)3)43(40,6)31-29-41(38)42/h24,34-35,37-41H,7-23,25-33H2,1-6H3/t35-,37?,38+,39-,40+,41+,42+,43-/m1/s1/i37T. The molecule has 1 heteroatoms. The molecule has 0 aromatic carbocycles. The minimum Gasteiger partial charge on any atom is -0.378 e. The van der Waals surface area contributed by atoms with Gasteiger partial charge in [0.15, 0.2) is 0 Å². The van der Waals surface area contributed by atoms with Gasteiger partial charge in [0, 0.05) is 6.61 Å². The Bertz CT molecular complexity index is 879. The van der Waals surface area contributed by atoms with Crippen molar-refractivity contribution in [2.75, 3.05) is 6.61 Å². The van der Waals surface area contributed by atoms with E-state index in [9.17, 15) is 1.37 Å².